The molecule has 15 heavy (non-hydrogen) atoms. The first-order valence-corrected chi connectivity index (χ1v) is 6.71. The van der Waals surface area contributed by atoms with Crippen LogP contribution in [0, 0.1) is 5.92 Å². The van der Waals surface area contributed by atoms with Crippen LogP contribution >= 0.6 is 0 Å². The van der Waals surface area contributed by atoms with E-state index >= 15 is 0 Å². The van der Waals surface area contributed by atoms with Crippen molar-refractivity contribution in [2.24, 2.45) is 5.92 Å². The first-order valence-electron chi connectivity index (χ1n) is 6.71. The normalized spacial score (nSPS) is 35.4. The van der Waals surface area contributed by atoms with E-state index in [1.807, 2.05) is 0 Å². The maximum atomic E-state index is 3.72. The SMILES string of the molecule is CCCC(C)N1CC(C2CC2)NCC1C. The van der Waals surface area contributed by atoms with Crippen molar-refractivity contribution in [1.82, 2.24) is 10.2 Å². The molecule has 3 atom stereocenters. The third-order valence-corrected chi connectivity index (χ3v) is 4.11. The molecule has 0 spiro atoms. The second kappa shape index (κ2) is 4.84. The number of nitrogens with zero attached hydrogens (tertiary/aromatic N) is 1. The number of hydrogen-bond acceptors (Lipinski definition) is 2. The summed E-state index contributed by atoms with van der Waals surface area (Å²) in [6.45, 7) is 9.53. The summed E-state index contributed by atoms with van der Waals surface area (Å²) >= 11 is 0. The molecule has 1 heterocycles. The van der Waals surface area contributed by atoms with Crippen LogP contribution in [0.3, 0.4) is 0 Å². The molecule has 2 nitrogen and oxygen atoms in total. The van der Waals surface area contributed by atoms with E-state index in [0.717, 1.165) is 24.0 Å². The molecule has 1 N–H and O–H groups in total. The zero-order chi connectivity index (χ0) is 10.8. The molecule has 2 rings (SSSR count). The van der Waals surface area contributed by atoms with Gasteiger partial charge in [-0.05, 0) is 39.0 Å². The first-order chi connectivity index (χ1) is 7.22. The minimum absolute atomic E-state index is 0.724. The predicted molar refractivity (Wildman–Crippen MR) is 65.1 cm³/mol. The van der Waals surface area contributed by atoms with Crippen LogP contribution in [0.1, 0.15) is 46.5 Å². The van der Waals surface area contributed by atoms with Gasteiger partial charge in [-0.25, -0.2) is 0 Å². The summed E-state index contributed by atoms with van der Waals surface area (Å²) in [7, 11) is 0. The van der Waals surface area contributed by atoms with E-state index in [1.54, 1.807) is 0 Å². The van der Waals surface area contributed by atoms with Crippen LogP contribution in [0.25, 0.3) is 0 Å². The summed E-state index contributed by atoms with van der Waals surface area (Å²) < 4.78 is 0. The Hall–Kier alpha value is -0.0800. The second-order valence-electron chi connectivity index (χ2n) is 5.54. The molecule has 1 aliphatic carbocycles. The molecule has 1 saturated carbocycles. The third kappa shape index (κ3) is 2.73. The van der Waals surface area contributed by atoms with E-state index in [4.69, 9.17) is 0 Å². The molecular weight excluding hydrogens is 184 g/mol. The van der Waals surface area contributed by atoms with Crippen LogP contribution in [-0.4, -0.2) is 36.1 Å². The summed E-state index contributed by atoms with van der Waals surface area (Å²) in [5.41, 5.74) is 0. The van der Waals surface area contributed by atoms with Gasteiger partial charge in [-0.3, -0.25) is 4.90 Å². The fraction of sp³-hybridized carbons (Fsp3) is 1.00. The Morgan fingerprint density at radius 1 is 1.40 bits per heavy atom. The lowest BCUT2D eigenvalue weighted by Gasteiger charge is -2.42. The standard InChI is InChI=1S/C13H26N2/c1-4-5-10(2)15-9-13(12-6-7-12)14-8-11(15)3/h10-14H,4-9H2,1-3H3. The lowest BCUT2D eigenvalue weighted by molar-refractivity contribution is 0.0880. The highest BCUT2D eigenvalue weighted by molar-refractivity contribution is 4.94. The molecule has 1 aliphatic heterocycles. The Kier molecular flexibility index (Phi) is 3.68. The van der Waals surface area contributed by atoms with Gasteiger partial charge in [0.1, 0.15) is 0 Å². The third-order valence-electron chi connectivity index (χ3n) is 4.11. The van der Waals surface area contributed by atoms with Crippen molar-refractivity contribution in [2.45, 2.75) is 64.6 Å². The smallest absolute Gasteiger partial charge is 0.0224 e. The highest BCUT2D eigenvalue weighted by Crippen LogP contribution is 2.34. The lowest BCUT2D eigenvalue weighted by atomic mass is 10.0. The van der Waals surface area contributed by atoms with E-state index in [0.29, 0.717) is 0 Å². The quantitative estimate of drug-likeness (QED) is 0.765. The summed E-state index contributed by atoms with van der Waals surface area (Å²) in [4.78, 5) is 2.73. The lowest BCUT2D eigenvalue weighted by Crippen LogP contribution is -2.58. The van der Waals surface area contributed by atoms with Crippen molar-refractivity contribution < 1.29 is 0 Å². The number of hydrogen-bond donors (Lipinski definition) is 1. The fourth-order valence-electron chi connectivity index (χ4n) is 2.92. The fourth-order valence-corrected chi connectivity index (χ4v) is 2.92. The van der Waals surface area contributed by atoms with Gasteiger partial charge in [0.25, 0.3) is 0 Å². The first kappa shape index (κ1) is 11.4. The van der Waals surface area contributed by atoms with Crippen LogP contribution in [0.2, 0.25) is 0 Å². The summed E-state index contributed by atoms with van der Waals surface area (Å²) in [6, 6.07) is 2.29. The Labute approximate surface area is 94.4 Å². The molecule has 0 aromatic carbocycles. The summed E-state index contributed by atoms with van der Waals surface area (Å²) in [5.74, 6) is 0.994. The van der Waals surface area contributed by atoms with E-state index in [-0.39, 0.29) is 0 Å². The molecule has 0 radical (unpaired) electrons. The molecule has 2 heteroatoms. The Balaban J connectivity index is 1.88. The van der Waals surface area contributed by atoms with Crippen LogP contribution in [-0.2, 0) is 0 Å². The molecule has 88 valence electrons. The average Bonchev–Trinajstić information content (AvgIpc) is 3.02. The monoisotopic (exact) mass is 210 g/mol. The Bertz CT molecular complexity index is 201. The van der Waals surface area contributed by atoms with Gasteiger partial charge >= 0.3 is 0 Å². The van der Waals surface area contributed by atoms with Crippen LogP contribution < -0.4 is 5.32 Å². The topological polar surface area (TPSA) is 15.3 Å². The molecular formula is C13H26N2. The van der Waals surface area contributed by atoms with Crippen molar-refractivity contribution in [3.05, 3.63) is 0 Å². The average molecular weight is 210 g/mol. The number of nitrogens with one attached hydrogen (secondary N) is 1. The van der Waals surface area contributed by atoms with Crippen molar-refractivity contribution in [2.75, 3.05) is 13.1 Å². The Morgan fingerprint density at radius 3 is 2.73 bits per heavy atom. The molecule has 0 bridgehead atoms. The minimum Gasteiger partial charge on any atom is -0.311 e. The van der Waals surface area contributed by atoms with Crippen LogP contribution in [0.4, 0.5) is 0 Å². The summed E-state index contributed by atoms with van der Waals surface area (Å²) in [5, 5.41) is 3.72. The van der Waals surface area contributed by atoms with E-state index in [1.165, 1.54) is 38.8 Å². The van der Waals surface area contributed by atoms with Crippen molar-refractivity contribution >= 4 is 0 Å². The van der Waals surface area contributed by atoms with E-state index in [2.05, 4.69) is 31.0 Å². The number of piperazine rings is 1. The molecule has 2 fully saturated rings. The molecule has 1 saturated heterocycles. The summed E-state index contributed by atoms with van der Waals surface area (Å²) in [6.07, 6.45) is 5.58. The zero-order valence-electron chi connectivity index (χ0n) is 10.5. The highest BCUT2D eigenvalue weighted by atomic mass is 15.2. The van der Waals surface area contributed by atoms with Gasteiger partial charge < -0.3 is 5.32 Å². The predicted octanol–water partition coefficient (Wildman–Crippen LogP) is 2.25. The van der Waals surface area contributed by atoms with Gasteiger partial charge in [0.2, 0.25) is 0 Å². The Morgan fingerprint density at radius 2 is 2.13 bits per heavy atom. The van der Waals surface area contributed by atoms with Gasteiger partial charge in [0.05, 0.1) is 0 Å². The van der Waals surface area contributed by atoms with Crippen molar-refractivity contribution in [3.8, 4) is 0 Å². The molecule has 0 amide bonds. The van der Waals surface area contributed by atoms with Crippen molar-refractivity contribution in [3.63, 3.8) is 0 Å². The molecule has 3 unspecified atom stereocenters. The van der Waals surface area contributed by atoms with Crippen molar-refractivity contribution in [1.29, 1.82) is 0 Å². The maximum Gasteiger partial charge on any atom is 0.0224 e. The molecule has 0 aromatic rings. The van der Waals surface area contributed by atoms with Gasteiger partial charge in [0.15, 0.2) is 0 Å². The maximum absolute atomic E-state index is 3.72. The van der Waals surface area contributed by atoms with Gasteiger partial charge in [-0.15, -0.1) is 0 Å². The van der Waals surface area contributed by atoms with Crippen LogP contribution in [0.5, 0.6) is 0 Å². The zero-order valence-corrected chi connectivity index (χ0v) is 10.5. The molecule has 0 aromatic heterocycles. The number of rotatable bonds is 4. The van der Waals surface area contributed by atoms with E-state index in [9.17, 15) is 0 Å². The van der Waals surface area contributed by atoms with Gasteiger partial charge in [0, 0.05) is 31.2 Å². The van der Waals surface area contributed by atoms with Gasteiger partial charge in [-0.2, -0.15) is 0 Å². The second-order valence-corrected chi connectivity index (χ2v) is 5.54. The minimum atomic E-state index is 0.724. The molecule has 2 aliphatic rings. The van der Waals surface area contributed by atoms with Gasteiger partial charge in [-0.1, -0.05) is 13.3 Å². The van der Waals surface area contributed by atoms with E-state index < -0.39 is 0 Å². The van der Waals surface area contributed by atoms with Crippen LogP contribution in [0.15, 0.2) is 0 Å². The highest BCUT2D eigenvalue weighted by Gasteiger charge is 2.36. The largest absolute Gasteiger partial charge is 0.311 e.